The lowest BCUT2D eigenvalue weighted by Crippen LogP contribution is -2.50. The predicted octanol–water partition coefficient (Wildman–Crippen LogP) is 4.00. The zero-order chi connectivity index (χ0) is 20.6. The van der Waals surface area contributed by atoms with Gasteiger partial charge in [0, 0.05) is 5.56 Å². The number of amides is 2. The number of hydrogen-bond donors (Lipinski definition) is 2. The van der Waals surface area contributed by atoms with E-state index in [0.717, 1.165) is 0 Å². The van der Waals surface area contributed by atoms with E-state index in [2.05, 4.69) is 10.8 Å². The van der Waals surface area contributed by atoms with Gasteiger partial charge in [0.05, 0.1) is 11.8 Å². The predicted molar refractivity (Wildman–Crippen MR) is 66.7 cm³/mol. The molecule has 1 aromatic rings. The van der Waals surface area contributed by atoms with Crippen LogP contribution >= 0.6 is 0 Å². The molecule has 0 atom stereocenters. The molecule has 0 aliphatic rings. The molecule has 0 heterocycles. The SMILES string of the molecule is NC(=O)NN=Cc1ccc(C(F)(F)F)c(C(F)(F)C(F)(F)C(F)(F)F)c1. The van der Waals surface area contributed by atoms with E-state index in [0.29, 0.717) is 12.3 Å². The molecule has 146 valence electrons. The van der Waals surface area contributed by atoms with Crippen LogP contribution in [0.4, 0.5) is 48.7 Å². The van der Waals surface area contributed by atoms with Crippen LogP contribution in [0.5, 0.6) is 0 Å². The van der Waals surface area contributed by atoms with Gasteiger partial charge in [0.2, 0.25) is 0 Å². The third-order valence-corrected chi connectivity index (χ3v) is 2.83. The highest BCUT2D eigenvalue weighted by Gasteiger charge is 2.74. The van der Waals surface area contributed by atoms with E-state index >= 15 is 0 Å². The van der Waals surface area contributed by atoms with Gasteiger partial charge in [-0.1, -0.05) is 6.07 Å². The van der Waals surface area contributed by atoms with Crippen LogP contribution in [-0.4, -0.2) is 24.3 Å². The average Bonchev–Trinajstić information content (AvgIpc) is 2.44. The summed E-state index contributed by atoms with van der Waals surface area (Å²) in [4.78, 5) is 10.3. The lowest BCUT2D eigenvalue weighted by atomic mass is 9.94. The van der Waals surface area contributed by atoms with E-state index in [9.17, 15) is 48.7 Å². The molecule has 26 heavy (non-hydrogen) atoms. The fourth-order valence-electron chi connectivity index (χ4n) is 1.67. The highest BCUT2D eigenvalue weighted by atomic mass is 19.4. The molecule has 0 fully saturated rings. The van der Waals surface area contributed by atoms with Gasteiger partial charge in [-0.15, -0.1) is 0 Å². The Morgan fingerprint density at radius 3 is 1.92 bits per heavy atom. The quantitative estimate of drug-likeness (QED) is 0.449. The fourth-order valence-corrected chi connectivity index (χ4v) is 1.67. The molecule has 2 amide bonds. The summed E-state index contributed by atoms with van der Waals surface area (Å²) in [5.74, 6) is -13.0. The van der Waals surface area contributed by atoms with Gasteiger partial charge in [-0.05, 0) is 17.7 Å². The van der Waals surface area contributed by atoms with Gasteiger partial charge in [-0.25, -0.2) is 10.2 Å². The monoisotopic (exact) mass is 399 g/mol. The summed E-state index contributed by atoms with van der Waals surface area (Å²) < 4.78 is 129. The van der Waals surface area contributed by atoms with E-state index in [1.54, 1.807) is 0 Å². The molecular weight excluding hydrogens is 392 g/mol. The zero-order valence-electron chi connectivity index (χ0n) is 12.0. The van der Waals surface area contributed by atoms with Crippen molar-refractivity contribution in [3.8, 4) is 0 Å². The van der Waals surface area contributed by atoms with Crippen molar-refractivity contribution in [2.75, 3.05) is 0 Å². The van der Waals surface area contributed by atoms with E-state index in [1.165, 1.54) is 5.43 Å². The third-order valence-electron chi connectivity index (χ3n) is 2.83. The number of urea groups is 1. The molecule has 14 heteroatoms. The van der Waals surface area contributed by atoms with Crippen LogP contribution in [0.25, 0.3) is 0 Å². The summed E-state index contributed by atoms with van der Waals surface area (Å²) in [6.45, 7) is 0. The molecule has 0 saturated heterocycles. The zero-order valence-corrected chi connectivity index (χ0v) is 12.0. The summed E-state index contributed by atoms with van der Waals surface area (Å²) in [7, 11) is 0. The maximum absolute atomic E-state index is 13.7. The molecule has 0 aliphatic carbocycles. The Labute approximate surface area is 137 Å². The van der Waals surface area contributed by atoms with Crippen molar-refractivity contribution in [3.05, 3.63) is 34.9 Å². The molecule has 0 spiro atoms. The number of hydrogen-bond acceptors (Lipinski definition) is 2. The fraction of sp³-hybridized carbons (Fsp3) is 0.333. The van der Waals surface area contributed by atoms with E-state index in [1.807, 2.05) is 0 Å². The minimum Gasteiger partial charge on any atom is -0.350 e. The van der Waals surface area contributed by atoms with Gasteiger partial charge in [0.25, 0.3) is 0 Å². The van der Waals surface area contributed by atoms with Crippen LogP contribution in [0.1, 0.15) is 16.7 Å². The normalized spacial score (nSPS) is 13.9. The maximum Gasteiger partial charge on any atom is 0.460 e. The van der Waals surface area contributed by atoms with Crippen LogP contribution in [-0.2, 0) is 12.1 Å². The van der Waals surface area contributed by atoms with Crippen LogP contribution in [0.3, 0.4) is 0 Å². The number of alkyl halides is 10. The lowest BCUT2D eigenvalue weighted by Gasteiger charge is -2.30. The number of benzene rings is 1. The van der Waals surface area contributed by atoms with Crippen LogP contribution in [0, 0.1) is 0 Å². The first-order valence-electron chi connectivity index (χ1n) is 6.14. The Bertz CT molecular complexity index is 708. The second-order valence-electron chi connectivity index (χ2n) is 4.68. The molecule has 1 aromatic carbocycles. The largest absolute Gasteiger partial charge is 0.460 e. The Morgan fingerprint density at radius 1 is 0.962 bits per heavy atom. The molecule has 0 bridgehead atoms. The van der Waals surface area contributed by atoms with Gasteiger partial charge in [-0.2, -0.15) is 49.0 Å². The van der Waals surface area contributed by atoms with Crippen LogP contribution < -0.4 is 11.2 Å². The summed E-state index contributed by atoms with van der Waals surface area (Å²) in [5.41, 5.74) is 0.358. The molecule has 3 N–H and O–H groups in total. The smallest absolute Gasteiger partial charge is 0.350 e. The lowest BCUT2D eigenvalue weighted by molar-refractivity contribution is -0.360. The molecular formula is C12H7F10N3O. The maximum atomic E-state index is 13.7. The second-order valence-corrected chi connectivity index (χ2v) is 4.68. The first kappa shape index (κ1) is 21.5. The van der Waals surface area contributed by atoms with Crippen molar-refractivity contribution in [2.45, 2.75) is 24.2 Å². The minimum absolute atomic E-state index is 0.124. The summed E-state index contributed by atoms with van der Waals surface area (Å²) in [5, 5.41) is 2.98. The summed E-state index contributed by atoms with van der Waals surface area (Å²) >= 11 is 0. The molecule has 0 saturated carbocycles. The molecule has 4 nitrogen and oxygen atoms in total. The number of nitrogens with two attached hydrogens (primary N) is 1. The van der Waals surface area contributed by atoms with Crippen molar-refractivity contribution < 1.29 is 48.7 Å². The van der Waals surface area contributed by atoms with Crippen molar-refractivity contribution in [1.29, 1.82) is 0 Å². The van der Waals surface area contributed by atoms with Crippen molar-refractivity contribution >= 4 is 12.2 Å². The Kier molecular flexibility index (Phi) is 5.49. The number of rotatable bonds is 4. The van der Waals surface area contributed by atoms with Gasteiger partial charge < -0.3 is 5.73 Å². The average molecular weight is 399 g/mol. The molecule has 1 rings (SSSR count). The number of carbonyl (C=O) groups excluding carboxylic acids is 1. The minimum atomic E-state index is -6.82. The van der Waals surface area contributed by atoms with E-state index < -0.39 is 46.9 Å². The highest BCUT2D eigenvalue weighted by molar-refractivity contribution is 5.82. The first-order chi connectivity index (χ1) is 11.5. The number of primary amides is 1. The van der Waals surface area contributed by atoms with Gasteiger partial charge in [0.15, 0.2) is 0 Å². The second kappa shape index (κ2) is 6.64. The van der Waals surface area contributed by atoms with E-state index in [-0.39, 0.29) is 12.1 Å². The molecule has 0 aromatic heterocycles. The van der Waals surface area contributed by atoms with Gasteiger partial charge in [0.1, 0.15) is 0 Å². The van der Waals surface area contributed by atoms with Gasteiger partial charge in [-0.3, -0.25) is 0 Å². The number of halogens is 10. The Hall–Kier alpha value is -2.54. The summed E-state index contributed by atoms with van der Waals surface area (Å²) in [6.07, 6.45) is -12.1. The molecule has 0 unspecified atom stereocenters. The van der Waals surface area contributed by atoms with Crippen molar-refractivity contribution in [3.63, 3.8) is 0 Å². The molecule has 0 aliphatic heterocycles. The van der Waals surface area contributed by atoms with Crippen molar-refractivity contribution in [2.24, 2.45) is 10.8 Å². The first-order valence-corrected chi connectivity index (χ1v) is 6.14. The van der Waals surface area contributed by atoms with E-state index in [4.69, 9.17) is 0 Å². The Morgan fingerprint density at radius 2 is 1.50 bits per heavy atom. The standard InChI is InChI=1S/C12H7F10N3O/c13-9(14,11(18,19)12(20,21)22)7-3-5(4-24-25-8(23)26)1-2-6(7)10(15,16)17/h1-4H,(H3,23,25,26). The van der Waals surface area contributed by atoms with Crippen molar-refractivity contribution in [1.82, 2.24) is 5.43 Å². The summed E-state index contributed by atoms with van der Waals surface area (Å²) in [6, 6.07) is -1.18. The number of nitrogens with one attached hydrogen (secondary N) is 1. The Balaban J connectivity index is 3.59. The number of hydrazone groups is 1. The highest BCUT2D eigenvalue weighted by Crippen LogP contribution is 2.54. The van der Waals surface area contributed by atoms with Crippen LogP contribution in [0.2, 0.25) is 0 Å². The number of nitrogens with zero attached hydrogens (tertiary/aromatic N) is 1. The van der Waals surface area contributed by atoms with Gasteiger partial charge >= 0.3 is 30.2 Å². The van der Waals surface area contributed by atoms with Crippen LogP contribution in [0.15, 0.2) is 23.3 Å². The topological polar surface area (TPSA) is 67.5 Å². The third kappa shape index (κ3) is 4.16. The molecule has 0 radical (unpaired) electrons. The number of carbonyl (C=O) groups is 1.